The maximum Gasteiger partial charge on any atom is 0.194 e. The monoisotopic (exact) mass is 375 g/mol. The molecule has 2 N–H and O–H groups in total. The molecule has 2 rings (SSSR count). The van der Waals surface area contributed by atoms with Gasteiger partial charge in [0.25, 0.3) is 0 Å². The highest BCUT2D eigenvalue weighted by molar-refractivity contribution is 5.79. The Labute approximate surface area is 159 Å². The minimum absolute atomic E-state index is 0.295. The first-order valence-electron chi connectivity index (χ1n) is 8.66. The molecular formula is C20H26FN3O3. The lowest BCUT2D eigenvalue weighted by Gasteiger charge is -2.23. The van der Waals surface area contributed by atoms with Crippen LogP contribution >= 0.6 is 0 Å². The third-order valence-corrected chi connectivity index (χ3v) is 4.02. The lowest BCUT2D eigenvalue weighted by Crippen LogP contribution is -2.38. The summed E-state index contributed by atoms with van der Waals surface area (Å²) in [5.74, 6) is 1.14. The van der Waals surface area contributed by atoms with Crippen molar-refractivity contribution in [1.29, 1.82) is 0 Å². The van der Waals surface area contributed by atoms with Gasteiger partial charge in [0.2, 0.25) is 0 Å². The second kappa shape index (κ2) is 9.66. The van der Waals surface area contributed by atoms with E-state index in [2.05, 4.69) is 10.3 Å². The number of aliphatic imine (C=N–C) groups is 1. The van der Waals surface area contributed by atoms with E-state index in [9.17, 15) is 9.50 Å². The largest absolute Gasteiger partial charge is 0.505 e. The molecule has 0 amide bonds. The molecule has 0 atom stereocenters. The Morgan fingerprint density at radius 3 is 2.59 bits per heavy atom. The van der Waals surface area contributed by atoms with Crippen molar-refractivity contribution < 1.29 is 19.0 Å². The van der Waals surface area contributed by atoms with E-state index in [1.807, 2.05) is 37.1 Å². The summed E-state index contributed by atoms with van der Waals surface area (Å²) in [6, 6.07) is 9.94. The van der Waals surface area contributed by atoms with E-state index in [4.69, 9.17) is 9.47 Å². The first kappa shape index (κ1) is 20.4. The van der Waals surface area contributed by atoms with Crippen LogP contribution in [0.1, 0.15) is 18.1 Å². The summed E-state index contributed by atoms with van der Waals surface area (Å²) in [5.41, 5.74) is 1.67. The first-order valence-corrected chi connectivity index (χ1v) is 8.66. The van der Waals surface area contributed by atoms with E-state index in [1.165, 1.54) is 12.1 Å². The molecule has 0 aliphatic rings. The van der Waals surface area contributed by atoms with Crippen LogP contribution in [0.3, 0.4) is 0 Å². The fourth-order valence-corrected chi connectivity index (χ4v) is 2.60. The Morgan fingerprint density at radius 2 is 1.96 bits per heavy atom. The Kier molecular flexibility index (Phi) is 7.28. The van der Waals surface area contributed by atoms with E-state index >= 15 is 0 Å². The lowest BCUT2D eigenvalue weighted by atomic mass is 10.2. The number of rotatable bonds is 7. The van der Waals surface area contributed by atoms with Gasteiger partial charge in [0.1, 0.15) is 11.5 Å². The van der Waals surface area contributed by atoms with Gasteiger partial charge in [-0.3, -0.25) is 0 Å². The molecular weight excluding hydrogens is 349 g/mol. The number of nitrogens with one attached hydrogen (secondary N) is 1. The van der Waals surface area contributed by atoms with Gasteiger partial charge in [0.05, 0.1) is 20.8 Å². The van der Waals surface area contributed by atoms with E-state index in [0.29, 0.717) is 31.2 Å². The fraction of sp³-hybridized carbons (Fsp3) is 0.350. The maximum absolute atomic E-state index is 13.5. The number of nitrogens with zero attached hydrogens (tertiary/aromatic N) is 2. The summed E-state index contributed by atoms with van der Waals surface area (Å²) >= 11 is 0. The predicted octanol–water partition coefficient (Wildman–Crippen LogP) is 3.15. The van der Waals surface area contributed by atoms with Crippen LogP contribution in [0.4, 0.5) is 4.39 Å². The zero-order chi connectivity index (χ0) is 19.8. The van der Waals surface area contributed by atoms with E-state index in [-0.39, 0.29) is 5.75 Å². The van der Waals surface area contributed by atoms with Gasteiger partial charge in [-0.25, -0.2) is 9.38 Å². The number of ether oxygens (including phenoxy) is 2. The summed E-state index contributed by atoms with van der Waals surface area (Å²) in [6.07, 6.45) is 0. The number of benzene rings is 2. The highest BCUT2D eigenvalue weighted by Gasteiger charge is 2.11. The molecule has 0 aliphatic carbocycles. The first-order chi connectivity index (χ1) is 13.0. The quantitative estimate of drug-likeness (QED) is 0.575. The van der Waals surface area contributed by atoms with Crippen molar-refractivity contribution in [1.82, 2.24) is 10.2 Å². The molecule has 6 nitrogen and oxygen atoms in total. The molecule has 0 unspecified atom stereocenters. The zero-order valence-corrected chi connectivity index (χ0v) is 16.1. The van der Waals surface area contributed by atoms with Gasteiger partial charge in [-0.2, -0.15) is 0 Å². The SMILES string of the molecule is CCNC(=NCc1ccc(O)c(F)c1)N(C)Cc1ccc(OC)cc1OC. The zero-order valence-electron chi connectivity index (χ0n) is 16.1. The van der Waals surface area contributed by atoms with E-state index in [0.717, 1.165) is 17.1 Å². The Balaban J connectivity index is 2.16. The van der Waals surface area contributed by atoms with Crippen LogP contribution in [-0.2, 0) is 13.1 Å². The Morgan fingerprint density at radius 1 is 1.19 bits per heavy atom. The molecule has 146 valence electrons. The molecule has 2 aromatic carbocycles. The average Bonchev–Trinajstić information content (AvgIpc) is 2.67. The molecule has 0 saturated heterocycles. The van der Waals surface area contributed by atoms with Crippen molar-refractivity contribution >= 4 is 5.96 Å². The van der Waals surface area contributed by atoms with Crippen LogP contribution in [0.2, 0.25) is 0 Å². The Hall–Kier alpha value is -2.96. The van der Waals surface area contributed by atoms with Crippen LogP contribution in [0.25, 0.3) is 0 Å². The number of phenolic OH excluding ortho intramolecular Hbond substituents is 1. The fourth-order valence-electron chi connectivity index (χ4n) is 2.60. The number of methoxy groups -OCH3 is 2. The van der Waals surface area contributed by atoms with Gasteiger partial charge in [-0.15, -0.1) is 0 Å². The molecule has 27 heavy (non-hydrogen) atoms. The summed E-state index contributed by atoms with van der Waals surface area (Å²) in [7, 11) is 5.15. The van der Waals surface area contributed by atoms with Crippen LogP contribution in [0.15, 0.2) is 41.4 Å². The van der Waals surface area contributed by atoms with Crippen molar-refractivity contribution in [2.75, 3.05) is 27.8 Å². The summed E-state index contributed by atoms with van der Waals surface area (Å²) in [6.45, 7) is 3.55. The summed E-state index contributed by atoms with van der Waals surface area (Å²) in [5, 5.41) is 12.5. The minimum atomic E-state index is -0.649. The molecule has 0 aromatic heterocycles. The average molecular weight is 375 g/mol. The third-order valence-electron chi connectivity index (χ3n) is 4.02. The molecule has 0 radical (unpaired) electrons. The van der Waals surface area contributed by atoms with E-state index < -0.39 is 5.82 Å². The smallest absolute Gasteiger partial charge is 0.194 e. The van der Waals surface area contributed by atoms with Crippen molar-refractivity contribution in [3.05, 3.63) is 53.3 Å². The van der Waals surface area contributed by atoms with Crippen LogP contribution < -0.4 is 14.8 Å². The van der Waals surface area contributed by atoms with Gasteiger partial charge in [-0.05, 0) is 36.8 Å². The van der Waals surface area contributed by atoms with Crippen molar-refractivity contribution in [2.24, 2.45) is 4.99 Å². The molecule has 2 aromatic rings. The highest BCUT2D eigenvalue weighted by atomic mass is 19.1. The summed E-state index contributed by atoms with van der Waals surface area (Å²) < 4.78 is 24.2. The topological polar surface area (TPSA) is 66.3 Å². The van der Waals surface area contributed by atoms with Crippen LogP contribution in [0.5, 0.6) is 17.2 Å². The maximum atomic E-state index is 13.5. The van der Waals surface area contributed by atoms with Crippen LogP contribution in [0, 0.1) is 5.82 Å². The number of hydrogen-bond acceptors (Lipinski definition) is 4. The van der Waals surface area contributed by atoms with Crippen molar-refractivity contribution in [3.63, 3.8) is 0 Å². The number of guanidine groups is 1. The number of aromatic hydroxyl groups is 1. The standard InChI is InChI=1S/C20H26FN3O3/c1-5-22-20(23-12-14-6-9-18(25)17(21)10-14)24(2)13-15-7-8-16(26-3)11-19(15)27-4/h6-11,25H,5,12-13H2,1-4H3,(H,22,23). The normalized spacial score (nSPS) is 11.2. The second-order valence-corrected chi connectivity index (χ2v) is 5.99. The predicted molar refractivity (Wildman–Crippen MR) is 104 cm³/mol. The van der Waals surface area contributed by atoms with Gasteiger partial charge >= 0.3 is 0 Å². The molecule has 7 heteroatoms. The summed E-state index contributed by atoms with van der Waals surface area (Å²) in [4.78, 5) is 6.52. The van der Waals surface area contributed by atoms with Gasteiger partial charge < -0.3 is 24.8 Å². The third kappa shape index (κ3) is 5.51. The second-order valence-electron chi connectivity index (χ2n) is 5.99. The van der Waals surface area contributed by atoms with Gasteiger partial charge in [0, 0.05) is 31.8 Å². The molecule has 0 aliphatic heterocycles. The number of hydrogen-bond donors (Lipinski definition) is 2. The van der Waals surface area contributed by atoms with Crippen LogP contribution in [-0.4, -0.2) is 43.8 Å². The number of phenols is 1. The molecule has 0 heterocycles. The van der Waals surface area contributed by atoms with E-state index in [1.54, 1.807) is 20.3 Å². The highest BCUT2D eigenvalue weighted by Crippen LogP contribution is 2.25. The van der Waals surface area contributed by atoms with Gasteiger partial charge in [0.15, 0.2) is 17.5 Å². The van der Waals surface area contributed by atoms with Crippen molar-refractivity contribution in [3.8, 4) is 17.2 Å². The molecule has 0 fully saturated rings. The molecule has 0 spiro atoms. The van der Waals surface area contributed by atoms with Crippen molar-refractivity contribution in [2.45, 2.75) is 20.0 Å². The number of halogens is 1. The molecule has 0 bridgehead atoms. The lowest BCUT2D eigenvalue weighted by molar-refractivity contribution is 0.382. The molecule has 0 saturated carbocycles. The Bertz CT molecular complexity index is 796. The minimum Gasteiger partial charge on any atom is -0.505 e. The van der Waals surface area contributed by atoms with Gasteiger partial charge in [-0.1, -0.05) is 6.07 Å².